The molecule has 1 heterocycles. The SMILES string of the molecule is CCCCC(N)c1noc(C)n1. The molecule has 0 aliphatic carbocycles. The Kier molecular flexibility index (Phi) is 3.22. The third-order valence-corrected chi connectivity index (χ3v) is 1.74. The van der Waals surface area contributed by atoms with Gasteiger partial charge in [0.2, 0.25) is 5.89 Å². The molecule has 0 aliphatic heterocycles. The third-order valence-electron chi connectivity index (χ3n) is 1.74. The van der Waals surface area contributed by atoms with Gasteiger partial charge in [-0.05, 0) is 6.42 Å². The predicted octanol–water partition coefficient (Wildman–Crippen LogP) is 1.57. The van der Waals surface area contributed by atoms with E-state index in [-0.39, 0.29) is 6.04 Å². The van der Waals surface area contributed by atoms with Crippen molar-refractivity contribution in [3.05, 3.63) is 11.7 Å². The molecule has 0 aromatic carbocycles. The molecule has 0 spiro atoms. The number of hydrogen-bond donors (Lipinski definition) is 1. The van der Waals surface area contributed by atoms with Crippen molar-refractivity contribution >= 4 is 0 Å². The molecule has 68 valence electrons. The molecule has 4 nitrogen and oxygen atoms in total. The summed E-state index contributed by atoms with van der Waals surface area (Å²) in [5.74, 6) is 1.21. The van der Waals surface area contributed by atoms with Crippen molar-refractivity contribution in [2.24, 2.45) is 5.73 Å². The fourth-order valence-corrected chi connectivity index (χ4v) is 1.02. The summed E-state index contributed by atoms with van der Waals surface area (Å²) in [6, 6.07) is -0.0672. The molecule has 0 radical (unpaired) electrons. The van der Waals surface area contributed by atoms with Gasteiger partial charge in [0.15, 0.2) is 5.82 Å². The van der Waals surface area contributed by atoms with Crippen LogP contribution in [0.2, 0.25) is 0 Å². The number of aryl methyl sites for hydroxylation is 1. The van der Waals surface area contributed by atoms with Crippen LogP contribution in [0.25, 0.3) is 0 Å². The van der Waals surface area contributed by atoms with Gasteiger partial charge in [0, 0.05) is 6.92 Å². The number of unbranched alkanes of at least 4 members (excludes halogenated alkanes) is 1. The molecular formula is C8H15N3O. The minimum atomic E-state index is -0.0672. The van der Waals surface area contributed by atoms with Gasteiger partial charge >= 0.3 is 0 Å². The van der Waals surface area contributed by atoms with E-state index in [4.69, 9.17) is 10.3 Å². The van der Waals surface area contributed by atoms with Crippen LogP contribution in [0.5, 0.6) is 0 Å². The number of aromatic nitrogens is 2. The number of hydrogen-bond acceptors (Lipinski definition) is 4. The molecule has 12 heavy (non-hydrogen) atoms. The van der Waals surface area contributed by atoms with Crippen molar-refractivity contribution in [1.82, 2.24) is 10.1 Å². The second-order valence-electron chi connectivity index (χ2n) is 2.92. The van der Waals surface area contributed by atoms with E-state index in [9.17, 15) is 0 Å². The topological polar surface area (TPSA) is 64.9 Å². The van der Waals surface area contributed by atoms with Crippen molar-refractivity contribution in [1.29, 1.82) is 0 Å². The average Bonchev–Trinajstić information content (AvgIpc) is 2.47. The Morgan fingerprint density at radius 2 is 2.33 bits per heavy atom. The third kappa shape index (κ3) is 2.30. The van der Waals surface area contributed by atoms with Crippen LogP contribution in [0.4, 0.5) is 0 Å². The van der Waals surface area contributed by atoms with Crippen molar-refractivity contribution < 1.29 is 4.52 Å². The zero-order chi connectivity index (χ0) is 8.97. The van der Waals surface area contributed by atoms with E-state index >= 15 is 0 Å². The molecule has 1 rings (SSSR count). The average molecular weight is 169 g/mol. The molecule has 1 aromatic heterocycles. The molecule has 1 atom stereocenters. The van der Waals surface area contributed by atoms with Crippen molar-refractivity contribution in [2.45, 2.75) is 39.2 Å². The normalized spacial score (nSPS) is 13.2. The number of nitrogens with two attached hydrogens (primary N) is 1. The van der Waals surface area contributed by atoms with Gasteiger partial charge in [0.05, 0.1) is 6.04 Å². The highest BCUT2D eigenvalue weighted by molar-refractivity contribution is 4.91. The highest BCUT2D eigenvalue weighted by atomic mass is 16.5. The van der Waals surface area contributed by atoms with Gasteiger partial charge in [-0.25, -0.2) is 0 Å². The summed E-state index contributed by atoms with van der Waals surface area (Å²) in [7, 11) is 0. The summed E-state index contributed by atoms with van der Waals surface area (Å²) < 4.78 is 4.82. The maximum atomic E-state index is 5.81. The Hall–Kier alpha value is -0.900. The molecule has 0 amide bonds. The lowest BCUT2D eigenvalue weighted by Crippen LogP contribution is -2.11. The predicted molar refractivity (Wildman–Crippen MR) is 45.5 cm³/mol. The zero-order valence-electron chi connectivity index (χ0n) is 7.58. The molecule has 0 saturated carbocycles. The minimum Gasteiger partial charge on any atom is -0.340 e. The molecule has 0 fully saturated rings. The summed E-state index contributed by atoms with van der Waals surface area (Å²) in [5.41, 5.74) is 5.81. The molecule has 0 saturated heterocycles. The molecule has 0 bridgehead atoms. The standard InChI is InChI=1S/C8H15N3O/c1-3-4-5-7(9)8-10-6(2)12-11-8/h7H,3-5,9H2,1-2H3. The summed E-state index contributed by atoms with van der Waals surface area (Å²) >= 11 is 0. The Morgan fingerprint density at radius 3 is 2.83 bits per heavy atom. The zero-order valence-corrected chi connectivity index (χ0v) is 7.58. The van der Waals surface area contributed by atoms with Crippen molar-refractivity contribution in [2.75, 3.05) is 0 Å². The minimum absolute atomic E-state index is 0.0672. The van der Waals surface area contributed by atoms with E-state index in [1.165, 1.54) is 0 Å². The highest BCUT2D eigenvalue weighted by Crippen LogP contribution is 2.12. The molecule has 2 N–H and O–H groups in total. The Morgan fingerprint density at radius 1 is 1.58 bits per heavy atom. The van der Waals surface area contributed by atoms with Crippen LogP contribution < -0.4 is 5.73 Å². The largest absolute Gasteiger partial charge is 0.340 e. The van der Waals surface area contributed by atoms with Crippen LogP contribution in [0.1, 0.15) is 43.9 Å². The summed E-state index contributed by atoms with van der Waals surface area (Å²) in [4.78, 5) is 4.06. The molecular weight excluding hydrogens is 154 g/mol. The van der Waals surface area contributed by atoms with Gasteiger partial charge in [0.25, 0.3) is 0 Å². The molecule has 1 unspecified atom stereocenters. The highest BCUT2D eigenvalue weighted by Gasteiger charge is 2.11. The first-order valence-corrected chi connectivity index (χ1v) is 4.29. The van der Waals surface area contributed by atoms with Crippen LogP contribution in [-0.4, -0.2) is 10.1 Å². The lowest BCUT2D eigenvalue weighted by Gasteiger charge is -2.03. The van der Waals surface area contributed by atoms with E-state index in [2.05, 4.69) is 17.1 Å². The van der Waals surface area contributed by atoms with Gasteiger partial charge in [-0.2, -0.15) is 4.98 Å². The fraction of sp³-hybridized carbons (Fsp3) is 0.750. The Labute approximate surface area is 72.1 Å². The lowest BCUT2D eigenvalue weighted by atomic mass is 10.1. The van der Waals surface area contributed by atoms with Crippen molar-refractivity contribution in [3.8, 4) is 0 Å². The van der Waals surface area contributed by atoms with Crippen LogP contribution in [0.15, 0.2) is 4.52 Å². The number of nitrogens with zero attached hydrogens (tertiary/aromatic N) is 2. The maximum Gasteiger partial charge on any atom is 0.223 e. The van der Waals surface area contributed by atoms with Crippen LogP contribution in [0.3, 0.4) is 0 Å². The van der Waals surface area contributed by atoms with Crippen LogP contribution >= 0.6 is 0 Å². The van der Waals surface area contributed by atoms with E-state index in [0.29, 0.717) is 11.7 Å². The molecule has 4 heteroatoms. The second-order valence-corrected chi connectivity index (χ2v) is 2.92. The fourth-order valence-electron chi connectivity index (χ4n) is 1.02. The van der Waals surface area contributed by atoms with Gasteiger partial charge < -0.3 is 10.3 Å². The number of rotatable bonds is 4. The first kappa shape index (κ1) is 9.19. The van der Waals surface area contributed by atoms with Crippen LogP contribution in [0, 0.1) is 6.92 Å². The molecule has 1 aromatic rings. The van der Waals surface area contributed by atoms with E-state index in [0.717, 1.165) is 19.3 Å². The second kappa shape index (κ2) is 4.21. The van der Waals surface area contributed by atoms with Gasteiger partial charge in [0.1, 0.15) is 0 Å². The Bertz CT molecular complexity index is 234. The van der Waals surface area contributed by atoms with E-state index in [1.54, 1.807) is 6.92 Å². The summed E-state index contributed by atoms with van der Waals surface area (Å²) in [6.07, 6.45) is 3.18. The first-order chi connectivity index (χ1) is 5.74. The lowest BCUT2D eigenvalue weighted by molar-refractivity contribution is 0.381. The maximum absolute atomic E-state index is 5.81. The summed E-state index contributed by atoms with van der Waals surface area (Å²) in [5, 5.41) is 3.76. The van der Waals surface area contributed by atoms with Gasteiger partial charge in [-0.1, -0.05) is 24.9 Å². The Balaban J connectivity index is 2.47. The summed E-state index contributed by atoms with van der Waals surface area (Å²) in [6.45, 7) is 3.90. The van der Waals surface area contributed by atoms with Gasteiger partial charge in [-0.3, -0.25) is 0 Å². The quantitative estimate of drug-likeness (QED) is 0.743. The van der Waals surface area contributed by atoms with Crippen molar-refractivity contribution in [3.63, 3.8) is 0 Å². The molecule has 0 aliphatic rings. The first-order valence-electron chi connectivity index (χ1n) is 4.29. The smallest absolute Gasteiger partial charge is 0.223 e. The monoisotopic (exact) mass is 169 g/mol. The van der Waals surface area contributed by atoms with E-state index in [1.807, 2.05) is 0 Å². The van der Waals surface area contributed by atoms with Crippen LogP contribution in [-0.2, 0) is 0 Å². The van der Waals surface area contributed by atoms with Gasteiger partial charge in [-0.15, -0.1) is 0 Å². The van der Waals surface area contributed by atoms with E-state index < -0.39 is 0 Å².